The first kappa shape index (κ1) is 22.9. The molecule has 0 spiro atoms. The van der Waals surface area contributed by atoms with E-state index in [9.17, 15) is 0 Å². The Morgan fingerprint density at radius 3 is 1.94 bits per heavy atom. The third kappa shape index (κ3) is 3.68. The number of benzene rings is 2. The van der Waals surface area contributed by atoms with Gasteiger partial charge in [-0.3, -0.25) is 0 Å². The predicted octanol–water partition coefficient (Wildman–Crippen LogP) is 8.31. The Morgan fingerprint density at radius 2 is 1.39 bits per heavy atom. The van der Waals surface area contributed by atoms with Crippen molar-refractivity contribution in [3.05, 3.63) is 95.9 Å². The van der Waals surface area contributed by atoms with Crippen LogP contribution in [0.2, 0.25) is 13.1 Å². The number of allylic oxidation sites excluding steroid dienone is 5. The molecule has 0 aliphatic heterocycles. The summed E-state index contributed by atoms with van der Waals surface area (Å²) in [4.78, 5) is 0. The summed E-state index contributed by atoms with van der Waals surface area (Å²) < 4.78 is 2.60. The van der Waals surface area contributed by atoms with Crippen molar-refractivity contribution in [1.29, 1.82) is 0 Å². The van der Waals surface area contributed by atoms with Crippen molar-refractivity contribution >= 4 is 11.0 Å². The van der Waals surface area contributed by atoms with Gasteiger partial charge in [0.05, 0.1) is 0 Å². The molecule has 0 amide bonds. The first-order chi connectivity index (χ1) is 14.6. The van der Waals surface area contributed by atoms with Crippen LogP contribution in [0.1, 0.15) is 66.1 Å². The maximum atomic E-state index is 2.62. The molecule has 0 fully saturated rings. The molecule has 160 valence electrons. The number of hydrogen-bond acceptors (Lipinski definition) is 0. The van der Waals surface area contributed by atoms with Gasteiger partial charge in [-0.2, -0.15) is 0 Å². The molecule has 0 N–H and O–H groups in total. The fourth-order valence-electron chi connectivity index (χ4n) is 5.76. The van der Waals surface area contributed by atoms with Crippen LogP contribution in [0.15, 0.2) is 68.0 Å². The van der Waals surface area contributed by atoms with Crippen LogP contribution in [0.5, 0.6) is 0 Å². The average molecular weight is 504 g/mol. The van der Waals surface area contributed by atoms with Gasteiger partial charge in [-0.05, 0) is 0 Å². The number of hydrogen-bond donors (Lipinski definition) is 0. The van der Waals surface area contributed by atoms with E-state index in [1.54, 1.807) is 27.9 Å². The van der Waals surface area contributed by atoms with Crippen molar-refractivity contribution in [2.45, 2.75) is 65.2 Å². The number of rotatable bonds is 3. The van der Waals surface area contributed by atoms with Gasteiger partial charge in [0, 0.05) is 0 Å². The van der Waals surface area contributed by atoms with Crippen LogP contribution in [0, 0.1) is 19.8 Å². The average Bonchev–Trinajstić information content (AvgIpc) is 3.10. The third-order valence-corrected chi connectivity index (χ3v) is 26.9. The van der Waals surface area contributed by atoms with Gasteiger partial charge in [-0.15, -0.1) is 0 Å². The molecule has 2 aliphatic carbocycles. The normalized spacial score (nSPS) is 20.7. The van der Waals surface area contributed by atoms with Crippen molar-refractivity contribution in [3.63, 3.8) is 0 Å². The summed E-state index contributed by atoms with van der Waals surface area (Å²) in [5.74, 6) is 0.651. The van der Waals surface area contributed by atoms with E-state index in [1.807, 2.05) is 3.28 Å². The second-order valence-electron chi connectivity index (χ2n) is 9.86. The predicted molar refractivity (Wildman–Crippen MR) is 135 cm³/mol. The summed E-state index contributed by atoms with van der Waals surface area (Å²) in [6.07, 6.45) is 0. The summed E-state index contributed by atoms with van der Waals surface area (Å²) in [5.41, 5.74) is 15.1. The molecule has 2 aliphatic rings. The minimum absolute atomic E-state index is 0.374. The molecular weight excluding hydrogens is 468 g/mol. The monoisotopic (exact) mass is 502 g/mol. The van der Waals surface area contributed by atoms with Gasteiger partial charge in [0.1, 0.15) is 0 Å². The van der Waals surface area contributed by atoms with Gasteiger partial charge in [0.2, 0.25) is 0 Å². The van der Waals surface area contributed by atoms with E-state index in [0.29, 0.717) is 9.54 Å². The molecular formula is C29H36SiZr. The van der Waals surface area contributed by atoms with Crippen molar-refractivity contribution in [1.82, 2.24) is 0 Å². The van der Waals surface area contributed by atoms with Gasteiger partial charge < -0.3 is 0 Å². The Labute approximate surface area is 197 Å². The number of aryl methyl sites for hydroxylation is 2. The first-order valence-corrected chi connectivity index (χ1v) is 20.4. The first-order valence-electron chi connectivity index (χ1n) is 11.6. The molecule has 2 heteroatoms. The van der Waals surface area contributed by atoms with Crippen LogP contribution in [0.4, 0.5) is 0 Å². The molecule has 0 bridgehead atoms. The van der Waals surface area contributed by atoms with Crippen molar-refractivity contribution in [3.8, 4) is 0 Å². The molecule has 2 unspecified atom stereocenters. The molecule has 2 aromatic carbocycles. The van der Waals surface area contributed by atoms with Gasteiger partial charge in [0.15, 0.2) is 0 Å². The third-order valence-electron chi connectivity index (χ3n) is 7.89. The zero-order valence-corrected chi connectivity index (χ0v) is 24.2. The summed E-state index contributed by atoms with van der Waals surface area (Å²) in [7, 11) is 0. The van der Waals surface area contributed by atoms with Crippen molar-refractivity contribution < 1.29 is 20.4 Å². The standard InChI is InChI=1S/C18H17.C9H13.C2H6Si.Zr/c1-12-9-16-10-14(3)18(17(16)11-13(12)2)15-7-5-4-6-8-15;1-6-5-7(2)9(4)8(6)3;1-3-2;/h4-11H,1-3H3;6H,1-4H3;1-2H3;. The van der Waals surface area contributed by atoms with Crippen LogP contribution in [-0.2, 0) is 20.4 Å². The van der Waals surface area contributed by atoms with Gasteiger partial charge >= 0.3 is 198 Å². The van der Waals surface area contributed by atoms with Gasteiger partial charge in [0.25, 0.3) is 0 Å². The SMILES string of the molecule is CC1=C(C)C(C)[C]([Zr]([CH]2C(C)=C(c3ccccc3)c3cc(C)c(C)cc32)=[Si](C)C)=C1C. The summed E-state index contributed by atoms with van der Waals surface area (Å²) in [5, 5.41) is 0. The quantitative estimate of drug-likeness (QED) is 0.369. The topological polar surface area (TPSA) is 0 Å². The van der Waals surface area contributed by atoms with Crippen LogP contribution in [0.3, 0.4) is 0 Å². The van der Waals surface area contributed by atoms with Gasteiger partial charge in [-0.1, -0.05) is 0 Å². The van der Waals surface area contributed by atoms with Crippen LogP contribution < -0.4 is 0 Å². The number of fused-ring (bicyclic) bond motifs is 1. The fraction of sp³-hybridized carbons (Fsp3) is 0.379. The zero-order chi connectivity index (χ0) is 22.6. The van der Waals surface area contributed by atoms with Crippen LogP contribution in [0.25, 0.3) is 5.57 Å². The molecule has 0 nitrogen and oxygen atoms in total. The van der Waals surface area contributed by atoms with Crippen LogP contribution in [-0.4, -0.2) is 5.43 Å². The Morgan fingerprint density at radius 1 is 0.774 bits per heavy atom. The van der Waals surface area contributed by atoms with E-state index in [0.717, 1.165) is 0 Å². The molecule has 2 atom stereocenters. The van der Waals surface area contributed by atoms with Crippen molar-refractivity contribution in [2.75, 3.05) is 0 Å². The maximum absolute atomic E-state index is 2.62. The van der Waals surface area contributed by atoms with E-state index in [2.05, 4.69) is 104 Å². The molecule has 0 heterocycles. The molecule has 0 saturated carbocycles. The zero-order valence-electron chi connectivity index (χ0n) is 20.7. The summed E-state index contributed by atoms with van der Waals surface area (Å²) >= 11 is -1.98. The van der Waals surface area contributed by atoms with Crippen molar-refractivity contribution in [2.24, 2.45) is 5.92 Å². The second kappa shape index (κ2) is 8.60. The molecule has 4 rings (SSSR count). The van der Waals surface area contributed by atoms with E-state index in [-0.39, 0.29) is 5.43 Å². The molecule has 0 aromatic heterocycles. The molecule has 2 aromatic rings. The van der Waals surface area contributed by atoms with E-state index in [4.69, 9.17) is 0 Å². The van der Waals surface area contributed by atoms with Gasteiger partial charge in [-0.25, -0.2) is 0 Å². The Balaban J connectivity index is 2.02. The fourth-order valence-corrected chi connectivity index (χ4v) is 26.4. The molecule has 31 heavy (non-hydrogen) atoms. The molecule has 0 saturated heterocycles. The summed E-state index contributed by atoms with van der Waals surface area (Å²) in [6, 6.07) is 16.2. The Hall–Kier alpha value is -1.24. The van der Waals surface area contributed by atoms with E-state index in [1.165, 1.54) is 27.8 Å². The Kier molecular flexibility index (Phi) is 6.36. The van der Waals surface area contributed by atoms with Crippen LogP contribution >= 0.6 is 0 Å². The summed E-state index contributed by atoms with van der Waals surface area (Å²) in [6.45, 7) is 21.9. The minimum atomic E-state index is -1.98. The van der Waals surface area contributed by atoms with E-state index >= 15 is 0 Å². The Bertz CT molecular complexity index is 1200. The van der Waals surface area contributed by atoms with E-state index < -0.39 is 20.4 Å². The second-order valence-corrected chi connectivity index (χ2v) is 27.2. The molecule has 0 radical (unpaired) electrons.